The van der Waals surface area contributed by atoms with Crippen molar-refractivity contribution in [3.8, 4) is 11.5 Å². The Hall–Kier alpha value is -3.52. The minimum Gasteiger partial charge on any atom is -0.441 e. The van der Waals surface area contributed by atoms with Crippen LogP contribution in [0, 0.1) is 0 Å². The number of benzene rings is 1. The van der Waals surface area contributed by atoms with Crippen LogP contribution in [0.1, 0.15) is 16.2 Å². The molecule has 27 heavy (non-hydrogen) atoms. The second kappa shape index (κ2) is 7.38. The Morgan fingerprint density at radius 2 is 2.15 bits per heavy atom. The van der Waals surface area contributed by atoms with Crippen molar-refractivity contribution in [2.45, 2.75) is 12.5 Å². The normalized spacial score (nSPS) is 12.2. The SMILES string of the molecule is O=C(N[C@H](CO)Cc1cnc[nH]1)c1ncoc1-c1ccc2ccccc2n1. The van der Waals surface area contributed by atoms with Crippen LogP contribution in [-0.2, 0) is 6.42 Å². The number of nitrogens with zero attached hydrogens (tertiary/aromatic N) is 3. The summed E-state index contributed by atoms with van der Waals surface area (Å²) in [5, 5.41) is 13.3. The molecule has 0 aliphatic rings. The third kappa shape index (κ3) is 3.56. The third-order valence-corrected chi connectivity index (χ3v) is 4.19. The van der Waals surface area contributed by atoms with E-state index in [-0.39, 0.29) is 18.1 Å². The van der Waals surface area contributed by atoms with Crippen molar-refractivity contribution < 1.29 is 14.3 Å². The topological polar surface area (TPSA) is 117 Å². The van der Waals surface area contributed by atoms with E-state index in [0.29, 0.717) is 12.1 Å². The van der Waals surface area contributed by atoms with Gasteiger partial charge in [0.05, 0.1) is 24.5 Å². The summed E-state index contributed by atoms with van der Waals surface area (Å²) in [6, 6.07) is 10.9. The minimum absolute atomic E-state index is 0.126. The zero-order valence-corrected chi connectivity index (χ0v) is 14.3. The highest BCUT2D eigenvalue weighted by Gasteiger charge is 2.22. The number of fused-ring (bicyclic) bond motifs is 1. The summed E-state index contributed by atoms with van der Waals surface area (Å²) in [7, 11) is 0. The number of imidazole rings is 1. The molecule has 136 valence electrons. The maximum absolute atomic E-state index is 12.7. The fourth-order valence-electron chi connectivity index (χ4n) is 2.86. The van der Waals surface area contributed by atoms with Gasteiger partial charge in [-0.25, -0.2) is 15.0 Å². The molecule has 1 amide bonds. The van der Waals surface area contributed by atoms with Gasteiger partial charge in [-0.2, -0.15) is 0 Å². The van der Waals surface area contributed by atoms with Crippen LogP contribution in [-0.4, -0.2) is 43.6 Å². The average molecular weight is 363 g/mol. The third-order valence-electron chi connectivity index (χ3n) is 4.19. The lowest BCUT2D eigenvalue weighted by Crippen LogP contribution is -2.39. The van der Waals surface area contributed by atoms with Gasteiger partial charge in [0.25, 0.3) is 5.91 Å². The second-order valence-electron chi connectivity index (χ2n) is 6.05. The molecule has 8 heteroatoms. The fourth-order valence-corrected chi connectivity index (χ4v) is 2.86. The fraction of sp³-hybridized carbons (Fsp3) is 0.158. The largest absolute Gasteiger partial charge is 0.441 e. The lowest BCUT2D eigenvalue weighted by molar-refractivity contribution is 0.0912. The first kappa shape index (κ1) is 16.9. The molecule has 0 spiro atoms. The molecule has 0 aliphatic carbocycles. The van der Waals surface area contributed by atoms with Gasteiger partial charge in [-0.1, -0.05) is 24.3 Å². The molecule has 3 heterocycles. The standard InChI is InChI=1S/C19H17N5O3/c25-9-14(7-13-8-20-10-21-13)23-19(26)17-18(27-11-22-17)16-6-5-12-3-1-2-4-15(12)24-16/h1-6,8,10-11,14,25H,7,9H2,(H,20,21)(H,23,26)/t14-/m0/s1. The van der Waals surface area contributed by atoms with Crippen molar-refractivity contribution in [3.05, 3.63) is 66.7 Å². The number of para-hydroxylation sites is 1. The summed E-state index contributed by atoms with van der Waals surface area (Å²) in [5.41, 5.74) is 2.25. The number of carbonyl (C=O) groups excluding carboxylic acids is 1. The number of rotatable bonds is 6. The number of hydrogen-bond donors (Lipinski definition) is 3. The number of aliphatic hydroxyl groups excluding tert-OH is 1. The number of nitrogens with one attached hydrogen (secondary N) is 2. The molecule has 1 atom stereocenters. The lowest BCUT2D eigenvalue weighted by Gasteiger charge is -2.14. The maximum Gasteiger partial charge on any atom is 0.274 e. The Kier molecular flexibility index (Phi) is 4.63. The number of oxazole rings is 1. The number of pyridine rings is 1. The number of aromatic nitrogens is 4. The first-order valence-corrected chi connectivity index (χ1v) is 8.43. The molecule has 0 unspecified atom stereocenters. The summed E-state index contributed by atoms with van der Waals surface area (Å²) in [6.45, 7) is -0.216. The van der Waals surface area contributed by atoms with Gasteiger partial charge in [0.1, 0.15) is 5.69 Å². The van der Waals surface area contributed by atoms with E-state index in [2.05, 4.69) is 25.3 Å². The van der Waals surface area contributed by atoms with Gasteiger partial charge in [0.2, 0.25) is 0 Å². The molecule has 0 bridgehead atoms. The van der Waals surface area contributed by atoms with E-state index >= 15 is 0 Å². The number of aliphatic hydroxyl groups is 1. The van der Waals surface area contributed by atoms with Crippen LogP contribution in [0.3, 0.4) is 0 Å². The van der Waals surface area contributed by atoms with Crippen molar-refractivity contribution in [3.63, 3.8) is 0 Å². The summed E-state index contributed by atoms with van der Waals surface area (Å²) < 4.78 is 5.43. The molecule has 0 radical (unpaired) electrons. The quantitative estimate of drug-likeness (QED) is 0.482. The predicted molar refractivity (Wildman–Crippen MR) is 97.9 cm³/mol. The van der Waals surface area contributed by atoms with E-state index in [1.54, 1.807) is 18.6 Å². The van der Waals surface area contributed by atoms with Crippen LogP contribution in [0.25, 0.3) is 22.4 Å². The van der Waals surface area contributed by atoms with Crippen LogP contribution in [0.5, 0.6) is 0 Å². The van der Waals surface area contributed by atoms with Gasteiger partial charge in [0.15, 0.2) is 17.8 Å². The van der Waals surface area contributed by atoms with E-state index in [1.165, 1.54) is 6.39 Å². The minimum atomic E-state index is -0.480. The molecular weight excluding hydrogens is 346 g/mol. The van der Waals surface area contributed by atoms with Gasteiger partial charge in [-0.15, -0.1) is 0 Å². The molecule has 3 N–H and O–H groups in total. The van der Waals surface area contributed by atoms with E-state index in [1.807, 2.05) is 30.3 Å². The van der Waals surface area contributed by atoms with Crippen LogP contribution in [0.2, 0.25) is 0 Å². The van der Waals surface area contributed by atoms with Crippen LogP contribution in [0.15, 0.2) is 59.7 Å². The smallest absolute Gasteiger partial charge is 0.274 e. The number of amides is 1. The van der Waals surface area contributed by atoms with E-state index in [9.17, 15) is 9.90 Å². The molecule has 0 aliphatic heterocycles. The van der Waals surface area contributed by atoms with Gasteiger partial charge < -0.3 is 19.8 Å². The summed E-state index contributed by atoms with van der Waals surface area (Å²) in [5.74, 6) is -0.149. The zero-order valence-electron chi connectivity index (χ0n) is 14.3. The molecule has 0 saturated heterocycles. The molecular formula is C19H17N5O3. The summed E-state index contributed by atoms with van der Waals surface area (Å²) >= 11 is 0. The molecule has 8 nitrogen and oxygen atoms in total. The maximum atomic E-state index is 12.7. The Morgan fingerprint density at radius 3 is 2.96 bits per heavy atom. The van der Waals surface area contributed by atoms with Crippen molar-refractivity contribution in [2.75, 3.05) is 6.61 Å². The van der Waals surface area contributed by atoms with Gasteiger partial charge in [-0.3, -0.25) is 4.79 Å². The van der Waals surface area contributed by atoms with Crippen molar-refractivity contribution in [1.29, 1.82) is 0 Å². The number of aromatic amines is 1. The van der Waals surface area contributed by atoms with Crippen LogP contribution in [0.4, 0.5) is 0 Å². The molecule has 4 rings (SSSR count). The van der Waals surface area contributed by atoms with Crippen LogP contribution < -0.4 is 5.32 Å². The first-order valence-electron chi connectivity index (χ1n) is 8.43. The Morgan fingerprint density at radius 1 is 1.26 bits per heavy atom. The summed E-state index contributed by atoms with van der Waals surface area (Å²) in [6.07, 6.45) is 4.83. The van der Waals surface area contributed by atoms with Gasteiger partial charge >= 0.3 is 0 Å². The van der Waals surface area contributed by atoms with Crippen LogP contribution >= 0.6 is 0 Å². The second-order valence-corrected chi connectivity index (χ2v) is 6.05. The van der Waals surface area contributed by atoms with Crippen molar-refractivity contribution in [1.82, 2.24) is 25.3 Å². The van der Waals surface area contributed by atoms with Crippen molar-refractivity contribution >= 4 is 16.8 Å². The highest BCUT2D eigenvalue weighted by molar-refractivity contribution is 5.97. The number of hydrogen-bond acceptors (Lipinski definition) is 6. The van der Waals surface area contributed by atoms with Gasteiger partial charge in [-0.05, 0) is 12.1 Å². The first-order chi connectivity index (χ1) is 13.2. The molecule has 4 aromatic rings. The molecule has 3 aromatic heterocycles. The number of carbonyl (C=O) groups is 1. The van der Waals surface area contributed by atoms with E-state index in [0.717, 1.165) is 16.6 Å². The number of H-pyrrole nitrogens is 1. The highest BCUT2D eigenvalue weighted by atomic mass is 16.3. The molecule has 0 fully saturated rings. The average Bonchev–Trinajstić information content (AvgIpc) is 3.39. The van der Waals surface area contributed by atoms with E-state index < -0.39 is 11.9 Å². The highest BCUT2D eigenvalue weighted by Crippen LogP contribution is 2.24. The molecule has 0 saturated carbocycles. The van der Waals surface area contributed by atoms with E-state index in [4.69, 9.17) is 4.42 Å². The lowest BCUT2D eigenvalue weighted by atomic mass is 10.1. The monoisotopic (exact) mass is 363 g/mol. The predicted octanol–water partition coefficient (Wildman–Crippen LogP) is 1.95. The summed E-state index contributed by atoms with van der Waals surface area (Å²) in [4.78, 5) is 28.1. The zero-order chi connectivity index (χ0) is 18.6. The Labute approximate surface area is 154 Å². The Balaban J connectivity index is 1.57. The van der Waals surface area contributed by atoms with Gasteiger partial charge in [0, 0.05) is 23.7 Å². The molecule has 1 aromatic carbocycles. The Bertz CT molecular complexity index is 1060. The van der Waals surface area contributed by atoms with Crippen molar-refractivity contribution in [2.24, 2.45) is 0 Å².